The maximum Gasteiger partial charge on any atom is 0.0497 e. The highest BCUT2D eigenvalue weighted by Crippen LogP contribution is 2.30. The zero-order valence-corrected chi connectivity index (χ0v) is 13.0. The minimum absolute atomic E-state index is 0.735. The Hall–Kier alpha value is -0.0800. The molecule has 2 N–H and O–H groups in total. The van der Waals surface area contributed by atoms with Crippen molar-refractivity contribution in [1.82, 2.24) is 0 Å². The van der Waals surface area contributed by atoms with Gasteiger partial charge in [0.2, 0.25) is 0 Å². The van der Waals surface area contributed by atoms with Gasteiger partial charge in [0.1, 0.15) is 0 Å². The second-order valence-electron chi connectivity index (χ2n) is 6.24. The lowest BCUT2D eigenvalue weighted by molar-refractivity contribution is 0.0840. The van der Waals surface area contributed by atoms with Crippen LogP contribution in [0.1, 0.15) is 77.6 Å². The third-order valence-corrected chi connectivity index (χ3v) is 4.59. The Morgan fingerprint density at radius 1 is 0.895 bits per heavy atom. The monoisotopic (exact) mass is 269 g/mol. The molecule has 2 heteroatoms. The largest absolute Gasteiger partial charge is 0.381 e. The molecule has 1 saturated carbocycles. The Bertz CT molecular complexity index is 196. The molecule has 0 aromatic carbocycles. The normalized spacial score (nSPS) is 23.1. The zero-order chi connectivity index (χ0) is 13.8. The van der Waals surface area contributed by atoms with Crippen molar-refractivity contribution >= 4 is 0 Å². The molecular weight excluding hydrogens is 234 g/mol. The summed E-state index contributed by atoms with van der Waals surface area (Å²) < 4.78 is 5.84. The lowest BCUT2D eigenvalue weighted by Crippen LogP contribution is -2.22. The van der Waals surface area contributed by atoms with Gasteiger partial charge in [-0.3, -0.25) is 0 Å². The van der Waals surface area contributed by atoms with Gasteiger partial charge in [0, 0.05) is 13.2 Å². The maximum atomic E-state index is 5.84. The Labute approximate surface area is 120 Å². The topological polar surface area (TPSA) is 35.2 Å². The number of unbranched alkanes of at least 4 members (excludes halogenated alkanes) is 7. The van der Waals surface area contributed by atoms with Crippen LogP contribution in [0.2, 0.25) is 0 Å². The Morgan fingerprint density at radius 2 is 1.53 bits per heavy atom. The number of nitrogens with two attached hydrogens (primary N) is 1. The van der Waals surface area contributed by atoms with E-state index in [0.717, 1.165) is 31.6 Å². The SMILES string of the molecule is CCCCCCCCCCOCC1CCCC1CN. The van der Waals surface area contributed by atoms with Crippen molar-refractivity contribution in [2.75, 3.05) is 19.8 Å². The minimum Gasteiger partial charge on any atom is -0.381 e. The predicted octanol–water partition coefficient (Wildman–Crippen LogP) is 4.52. The molecule has 0 spiro atoms. The summed E-state index contributed by atoms with van der Waals surface area (Å²) in [5.41, 5.74) is 5.79. The lowest BCUT2D eigenvalue weighted by Gasteiger charge is -2.17. The van der Waals surface area contributed by atoms with Gasteiger partial charge in [0.15, 0.2) is 0 Å². The molecule has 0 amide bonds. The van der Waals surface area contributed by atoms with E-state index in [0.29, 0.717) is 0 Å². The molecule has 0 aromatic rings. The summed E-state index contributed by atoms with van der Waals surface area (Å²) in [5, 5.41) is 0. The molecular formula is C17H35NO. The van der Waals surface area contributed by atoms with E-state index in [2.05, 4.69) is 6.92 Å². The van der Waals surface area contributed by atoms with Gasteiger partial charge in [-0.05, 0) is 37.6 Å². The highest BCUT2D eigenvalue weighted by atomic mass is 16.5. The van der Waals surface area contributed by atoms with Crippen LogP contribution in [0.15, 0.2) is 0 Å². The van der Waals surface area contributed by atoms with Crippen LogP contribution in [0.25, 0.3) is 0 Å². The first-order valence-corrected chi connectivity index (χ1v) is 8.66. The molecule has 114 valence electrons. The standard InChI is InChI=1S/C17H35NO/c1-2-3-4-5-6-7-8-9-13-19-15-17-12-10-11-16(17)14-18/h16-17H,2-15,18H2,1H3. The van der Waals surface area contributed by atoms with Crippen molar-refractivity contribution in [3.63, 3.8) is 0 Å². The molecule has 2 nitrogen and oxygen atoms in total. The average Bonchev–Trinajstić information content (AvgIpc) is 2.88. The van der Waals surface area contributed by atoms with Crippen LogP contribution in [0.3, 0.4) is 0 Å². The number of rotatable bonds is 12. The Kier molecular flexibility index (Phi) is 10.5. The van der Waals surface area contributed by atoms with E-state index in [1.165, 1.54) is 70.6 Å². The molecule has 0 aliphatic heterocycles. The van der Waals surface area contributed by atoms with Gasteiger partial charge in [-0.1, -0.05) is 58.3 Å². The highest BCUT2D eigenvalue weighted by Gasteiger charge is 2.25. The molecule has 0 aromatic heterocycles. The summed E-state index contributed by atoms with van der Waals surface area (Å²) in [7, 11) is 0. The fraction of sp³-hybridized carbons (Fsp3) is 1.00. The third kappa shape index (κ3) is 7.94. The van der Waals surface area contributed by atoms with Crippen molar-refractivity contribution in [2.45, 2.75) is 77.6 Å². The molecule has 1 rings (SSSR count). The second kappa shape index (κ2) is 11.7. The van der Waals surface area contributed by atoms with Crippen molar-refractivity contribution in [1.29, 1.82) is 0 Å². The molecule has 1 aliphatic carbocycles. The summed E-state index contributed by atoms with van der Waals surface area (Å²) in [6, 6.07) is 0. The van der Waals surface area contributed by atoms with E-state index in [1.54, 1.807) is 0 Å². The van der Waals surface area contributed by atoms with Crippen LogP contribution in [-0.2, 0) is 4.74 Å². The summed E-state index contributed by atoms with van der Waals surface area (Å²) >= 11 is 0. The molecule has 2 unspecified atom stereocenters. The second-order valence-corrected chi connectivity index (χ2v) is 6.24. The van der Waals surface area contributed by atoms with Crippen LogP contribution in [-0.4, -0.2) is 19.8 Å². The van der Waals surface area contributed by atoms with E-state index < -0.39 is 0 Å². The fourth-order valence-corrected chi connectivity index (χ4v) is 3.22. The quantitative estimate of drug-likeness (QED) is 0.529. The van der Waals surface area contributed by atoms with Gasteiger partial charge in [0.25, 0.3) is 0 Å². The van der Waals surface area contributed by atoms with Crippen LogP contribution in [0.4, 0.5) is 0 Å². The number of ether oxygens (including phenoxy) is 1. The number of hydrogen-bond acceptors (Lipinski definition) is 2. The van der Waals surface area contributed by atoms with Gasteiger partial charge in [-0.2, -0.15) is 0 Å². The van der Waals surface area contributed by atoms with E-state index in [-0.39, 0.29) is 0 Å². The third-order valence-electron chi connectivity index (χ3n) is 4.59. The molecule has 0 bridgehead atoms. The first-order chi connectivity index (χ1) is 9.38. The smallest absolute Gasteiger partial charge is 0.0497 e. The summed E-state index contributed by atoms with van der Waals surface area (Å²) in [6.45, 7) is 5.05. The summed E-state index contributed by atoms with van der Waals surface area (Å²) in [5.74, 6) is 1.48. The van der Waals surface area contributed by atoms with E-state index in [4.69, 9.17) is 10.5 Å². The molecule has 0 heterocycles. The van der Waals surface area contributed by atoms with Crippen LogP contribution in [0, 0.1) is 11.8 Å². The van der Waals surface area contributed by atoms with Gasteiger partial charge in [-0.15, -0.1) is 0 Å². The molecule has 19 heavy (non-hydrogen) atoms. The number of hydrogen-bond donors (Lipinski definition) is 1. The van der Waals surface area contributed by atoms with Crippen molar-refractivity contribution in [2.24, 2.45) is 17.6 Å². The Balaban J connectivity index is 1.81. The highest BCUT2D eigenvalue weighted by molar-refractivity contribution is 4.77. The van der Waals surface area contributed by atoms with Crippen LogP contribution < -0.4 is 5.73 Å². The molecule has 0 saturated heterocycles. The van der Waals surface area contributed by atoms with Crippen molar-refractivity contribution < 1.29 is 4.74 Å². The van der Waals surface area contributed by atoms with E-state index in [9.17, 15) is 0 Å². The van der Waals surface area contributed by atoms with Gasteiger partial charge >= 0.3 is 0 Å². The van der Waals surface area contributed by atoms with Crippen molar-refractivity contribution in [3.8, 4) is 0 Å². The molecule has 0 radical (unpaired) electrons. The summed E-state index contributed by atoms with van der Waals surface area (Å²) in [6.07, 6.45) is 15.0. The maximum absolute atomic E-state index is 5.84. The zero-order valence-electron chi connectivity index (χ0n) is 13.0. The molecule has 1 fully saturated rings. The van der Waals surface area contributed by atoms with E-state index in [1.807, 2.05) is 0 Å². The van der Waals surface area contributed by atoms with Crippen molar-refractivity contribution in [3.05, 3.63) is 0 Å². The van der Waals surface area contributed by atoms with Gasteiger partial charge in [0.05, 0.1) is 0 Å². The lowest BCUT2D eigenvalue weighted by atomic mass is 9.97. The van der Waals surface area contributed by atoms with Gasteiger partial charge in [-0.25, -0.2) is 0 Å². The summed E-state index contributed by atoms with van der Waals surface area (Å²) in [4.78, 5) is 0. The minimum atomic E-state index is 0.735. The van der Waals surface area contributed by atoms with Crippen LogP contribution >= 0.6 is 0 Å². The average molecular weight is 269 g/mol. The predicted molar refractivity (Wildman–Crippen MR) is 83.3 cm³/mol. The first kappa shape index (κ1) is 17.0. The molecule has 2 atom stereocenters. The fourth-order valence-electron chi connectivity index (χ4n) is 3.22. The molecule has 1 aliphatic rings. The van der Waals surface area contributed by atoms with E-state index >= 15 is 0 Å². The van der Waals surface area contributed by atoms with Gasteiger partial charge < -0.3 is 10.5 Å². The van der Waals surface area contributed by atoms with Crippen LogP contribution in [0.5, 0.6) is 0 Å². The Morgan fingerprint density at radius 3 is 2.21 bits per heavy atom. The first-order valence-electron chi connectivity index (χ1n) is 8.66.